The van der Waals surface area contributed by atoms with Crippen LogP contribution in [0, 0.1) is 0 Å². The number of halogens is 2. The van der Waals surface area contributed by atoms with E-state index in [2.05, 4.69) is 58.5 Å². The van der Waals surface area contributed by atoms with Gasteiger partial charge in [-0.15, -0.1) is 0 Å². The van der Waals surface area contributed by atoms with Gasteiger partial charge >= 0.3 is 0 Å². The molecule has 1 atom stereocenters. The van der Waals surface area contributed by atoms with Crippen molar-refractivity contribution in [1.29, 1.82) is 0 Å². The van der Waals surface area contributed by atoms with Crippen molar-refractivity contribution in [2.24, 2.45) is 0 Å². The Morgan fingerprint density at radius 3 is 2.46 bits per heavy atom. The van der Waals surface area contributed by atoms with Crippen molar-refractivity contribution >= 4 is 27.5 Å². The molecule has 5 heteroatoms. The maximum Gasteiger partial charge on any atom is 0.175 e. The SMILES string of the molecule is COc1cc(CN[C@@H](C)c2ccccc2)cc(Br)c1OCc1ccccc1Cl. The molecule has 0 aromatic heterocycles. The second kappa shape index (κ2) is 9.97. The van der Waals surface area contributed by atoms with Crippen molar-refractivity contribution in [1.82, 2.24) is 5.32 Å². The molecule has 0 saturated heterocycles. The molecule has 0 aliphatic rings. The number of ether oxygens (including phenoxy) is 2. The Bertz CT molecular complexity index is 918. The van der Waals surface area contributed by atoms with E-state index in [9.17, 15) is 0 Å². The summed E-state index contributed by atoms with van der Waals surface area (Å²) in [4.78, 5) is 0. The van der Waals surface area contributed by atoms with Gasteiger partial charge in [-0.1, -0.05) is 60.1 Å². The van der Waals surface area contributed by atoms with E-state index in [1.165, 1.54) is 5.56 Å². The zero-order chi connectivity index (χ0) is 19.9. The number of nitrogens with one attached hydrogen (secondary N) is 1. The Morgan fingerprint density at radius 2 is 1.75 bits per heavy atom. The zero-order valence-electron chi connectivity index (χ0n) is 15.9. The summed E-state index contributed by atoms with van der Waals surface area (Å²) >= 11 is 9.84. The number of benzene rings is 3. The Labute approximate surface area is 179 Å². The lowest BCUT2D eigenvalue weighted by Crippen LogP contribution is -2.18. The van der Waals surface area contributed by atoms with Crippen LogP contribution in [0.1, 0.15) is 29.7 Å². The van der Waals surface area contributed by atoms with Gasteiger partial charge in [-0.25, -0.2) is 0 Å². The first-order valence-corrected chi connectivity index (χ1v) is 10.3. The van der Waals surface area contributed by atoms with Crippen LogP contribution in [0.15, 0.2) is 71.2 Å². The van der Waals surface area contributed by atoms with Gasteiger partial charge in [0.05, 0.1) is 11.6 Å². The molecule has 3 aromatic rings. The highest BCUT2D eigenvalue weighted by atomic mass is 79.9. The standard InChI is InChI=1S/C23H23BrClNO2/c1-16(18-8-4-3-5-9-18)26-14-17-12-20(24)23(22(13-17)27-2)28-15-19-10-6-7-11-21(19)25/h3-13,16,26H,14-15H2,1-2H3/t16-/m0/s1. The van der Waals surface area contributed by atoms with Crippen molar-refractivity contribution in [3.63, 3.8) is 0 Å². The van der Waals surface area contributed by atoms with Crippen LogP contribution in [0.3, 0.4) is 0 Å². The molecule has 0 saturated carbocycles. The first-order chi connectivity index (χ1) is 13.6. The van der Waals surface area contributed by atoms with Crippen LogP contribution in [-0.2, 0) is 13.2 Å². The van der Waals surface area contributed by atoms with Crippen molar-refractivity contribution in [3.05, 3.63) is 92.9 Å². The van der Waals surface area contributed by atoms with E-state index in [0.717, 1.165) is 22.1 Å². The molecule has 0 spiro atoms. The van der Waals surface area contributed by atoms with Crippen LogP contribution >= 0.6 is 27.5 Å². The molecule has 0 radical (unpaired) electrons. The highest BCUT2D eigenvalue weighted by Crippen LogP contribution is 2.37. The summed E-state index contributed by atoms with van der Waals surface area (Å²) in [6, 6.07) is 22.3. The molecule has 3 aromatic carbocycles. The Morgan fingerprint density at radius 1 is 1.04 bits per heavy atom. The Balaban J connectivity index is 1.69. The summed E-state index contributed by atoms with van der Waals surface area (Å²) in [5, 5.41) is 4.23. The molecular formula is C23H23BrClNO2. The topological polar surface area (TPSA) is 30.5 Å². The average molecular weight is 461 g/mol. The first kappa shape index (κ1) is 20.7. The van der Waals surface area contributed by atoms with Gasteiger partial charge in [-0.05, 0) is 52.2 Å². The smallest absolute Gasteiger partial charge is 0.175 e. The fourth-order valence-electron chi connectivity index (χ4n) is 2.91. The fourth-order valence-corrected chi connectivity index (χ4v) is 3.71. The maximum atomic E-state index is 6.22. The maximum absolute atomic E-state index is 6.22. The molecule has 146 valence electrons. The molecule has 0 aliphatic carbocycles. The van der Waals surface area contributed by atoms with Crippen molar-refractivity contribution < 1.29 is 9.47 Å². The minimum absolute atomic E-state index is 0.252. The van der Waals surface area contributed by atoms with Gasteiger partial charge in [0.15, 0.2) is 11.5 Å². The fraction of sp³-hybridized carbons (Fsp3) is 0.217. The van der Waals surface area contributed by atoms with Crippen molar-refractivity contribution in [2.45, 2.75) is 26.1 Å². The van der Waals surface area contributed by atoms with E-state index in [1.807, 2.05) is 36.4 Å². The summed E-state index contributed by atoms with van der Waals surface area (Å²) in [6.07, 6.45) is 0. The molecule has 0 aliphatic heterocycles. The second-order valence-electron chi connectivity index (χ2n) is 6.50. The molecule has 0 amide bonds. The molecule has 0 heterocycles. The first-order valence-electron chi connectivity index (χ1n) is 9.09. The van der Waals surface area contributed by atoms with Crippen LogP contribution in [0.4, 0.5) is 0 Å². The normalized spacial score (nSPS) is 11.9. The highest BCUT2D eigenvalue weighted by Gasteiger charge is 2.13. The molecule has 0 fully saturated rings. The van der Waals surface area contributed by atoms with Gasteiger partial charge in [0.1, 0.15) is 6.61 Å². The number of rotatable bonds is 8. The summed E-state index contributed by atoms with van der Waals surface area (Å²) in [5.41, 5.74) is 3.30. The molecule has 1 N–H and O–H groups in total. The zero-order valence-corrected chi connectivity index (χ0v) is 18.3. The van der Waals surface area contributed by atoms with Gasteiger partial charge in [0.2, 0.25) is 0 Å². The second-order valence-corrected chi connectivity index (χ2v) is 7.76. The van der Waals surface area contributed by atoms with Crippen LogP contribution < -0.4 is 14.8 Å². The lowest BCUT2D eigenvalue weighted by molar-refractivity contribution is 0.282. The predicted octanol–water partition coefficient (Wildman–Crippen LogP) is 6.54. The van der Waals surface area contributed by atoms with E-state index in [1.54, 1.807) is 7.11 Å². The van der Waals surface area contributed by atoms with Crippen LogP contribution in [0.5, 0.6) is 11.5 Å². The molecule has 28 heavy (non-hydrogen) atoms. The lowest BCUT2D eigenvalue weighted by Gasteiger charge is -2.17. The van der Waals surface area contributed by atoms with E-state index >= 15 is 0 Å². The minimum Gasteiger partial charge on any atom is -0.493 e. The van der Waals surface area contributed by atoms with Gasteiger partial charge < -0.3 is 14.8 Å². The van der Waals surface area contributed by atoms with Crippen LogP contribution in [-0.4, -0.2) is 7.11 Å². The third kappa shape index (κ3) is 5.28. The van der Waals surface area contributed by atoms with Gasteiger partial charge in [0.25, 0.3) is 0 Å². The Kier molecular flexibility index (Phi) is 7.37. The highest BCUT2D eigenvalue weighted by molar-refractivity contribution is 9.10. The predicted molar refractivity (Wildman–Crippen MR) is 118 cm³/mol. The van der Waals surface area contributed by atoms with Gasteiger partial charge in [0, 0.05) is 23.2 Å². The molecule has 3 nitrogen and oxygen atoms in total. The largest absolute Gasteiger partial charge is 0.493 e. The van der Waals surface area contributed by atoms with Gasteiger partial charge in [-0.2, -0.15) is 0 Å². The summed E-state index contributed by atoms with van der Waals surface area (Å²) < 4.78 is 12.4. The van der Waals surface area contributed by atoms with Crippen molar-refractivity contribution in [2.75, 3.05) is 7.11 Å². The van der Waals surface area contributed by atoms with Crippen LogP contribution in [0.2, 0.25) is 5.02 Å². The molecule has 3 rings (SSSR count). The monoisotopic (exact) mass is 459 g/mol. The summed E-state index contributed by atoms with van der Waals surface area (Å²) in [5.74, 6) is 1.35. The number of methoxy groups -OCH3 is 1. The third-order valence-corrected chi connectivity index (χ3v) is 5.49. The molecule has 0 unspecified atom stereocenters. The quantitative estimate of drug-likeness (QED) is 0.414. The lowest BCUT2D eigenvalue weighted by atomic mass is 10.1. The summed E-state index contributed by atoms with van der Waals surface area (Å²) in [7, 11) is 1.65. The number of hydrogen-bond acceptors (Lipinski definition) is 3. The Hall–Kier alpha value is -2.01. The summed E-state index contributed by atoms with van der Waals surface area (Å²) in [6.45, 7) is 3.25. The number of hydrogen-bond donors (Lipinski definition) is 1. The van der Waals surface area contributed by atoms with Crippen molar-refractivity contribution in [3.8, 4) is 11.5 Å². The van der Waals surface area contributed by atoms with Crippen LogP contribution in [0.25, 0.3) is 0 Å². The van der Waals surface area contributed by atoms with E-state index in [4.69, 9.17) is 21.1 Å². The van der Waals surface area contributed by atoms with E-state index in [-0.39, 0.29) is 6.04 Å². The molecular weight excluding hydrogens is 438 g/mol. The molecule has 0 bridgehead atoms. The average Bonchev–Trinajstić information content (AvgIpc) is 2.72. The minimum atomic E-state index is 0.252. The van der Waals surface area contributed by atoms with E-state index in [0.29, 0.717) is 23.1 Å². The third-order valence-electron chi connectivity index (χ3n) is 4.53. The van der Waals surface area contributed by atoms with Gasteiger partial charge in [-0.3, -0.25) is 0 Å². The van der Waals surface area contributed by atoms with E-state index < -0.39 is 0 Å².